The van der Waals surface area contributed by atoms with E-state index in [0.717, 1.165) is 32.2 Å². The van der Waals surface area contributed by atoms with Crippen LogP contribution in [0.5, 0.6) is 0 Å². The molecule has 1 aliphatic rings. The summed E-state index contributed by atoms with van der Waals surface area (Å²) in [5.74, 6) is -0.343. The molecule has 0 saturated carbocycles. The number of anilines is 2. The largest absolute Gasteiger partial charge is 0.346 e. The number of hydrogen-bond donors (Lipinski definition) is 1. The molecular formula is C23H18FN3OS. The lowest BCUT2D eigenvalue weighted by Gasteiger charge is -2.38. The van der Waals surface area contributed by atoms with Gasteiger partial charge in [-0.3, -0.25) is 4.79 Å². The molecule has 4 aromatic rings. The number of halogens is 1. The second kappa shape index (κ2) is 7.29. The fraction of sp³-hybridized carbons (Fsp3) is 0.130. The van der Waals surface area contributed by atoms with Crippen molar-refractivity contribution in [3.8, 4) is 11.1 Å². The number of nitrogens with one attached hydrogen (secondary N) is 1. The maximum absolute atomic E-state index is 13.4. The first-order valence-corrected chi connectivity index (χ1v) is 10.3. The van der Waals surface area contributed by atoms with E-state index in [2.05, 4.69) is 15.2 Å². The molecule has 1 N–H and O–H groups in total. The summed E-state index contributed by atoms with van der Waals surface area (Å²) in [6.45, 7) is 1.23. The Labute approximate surface area is 171 Å². The Morgan fingerprint density at radius 2 is 1.79 bits per heavy atom. The molecule has 6 heteroatoms. The Morgan fingerprint density at radius 1 is 1.03 bits per heavy atom. The molecular weight excluding hydrogens is 385 g/mol. The number of amides is 1. The highest BCUT2D eigenvalue weighted by molar-refractivity contribution is 7.22. The number of thiazole rings is 1. The summed E-state index contributed by atoms with van der Waals surface area (Å²) in [6, 6.07) is 22.5. The Morgan fingerprint density at radius 3 is 2.62 bits per heavy atom. The van der Waals surface area contributed by atoms with E-state index in [1.54, 1.807) is 6.07 Å². The molecule has 3 aromatic carbocycles. The third kappa shape index (κ3) is 3.47. The average molecular weight is 403 g/mol. The van der Waals surface area contributed by atoms with Crippen LogP contribution < -0.4 is 10.2 Å². The van der Waals surface area contributed by atoms with Gasteiger partial charge in [0.25, 0.3) is 0 Å². The molecule has 144 valence electrons. The smallest absolute Gasteiger partial charge is 0.231 e. The van der Waals surface area contributed by atoms with Gasteiger partial charge in [-0.25, -0.2) is 9.37 Å². The van der Waals surface area contributed by atoms with Gasteiger partial charge < -0.3 is 10.2 Å². The van der Waals surface area contributed by atoms with Crippen molar-refractivity contribution in [2.75, 3.05) is 23.3 Å². The summed E-state index contributed by atoms with van der Waals surface area (Å²) < 4.78 is 14.2. The fourth-order valence-electron chi connectivity index (χ4n) is 3.52. The van der Waals surface area contributed by atoms with Crippen molar-refractivity contribution in [1.82, 2.24) is 4.98 Å². The van der Waals surface area contributed by atoms with Gasteiger partial charge in [0.2, 0.25) is 5.91 Å². The van der Waals surface area contributed by atoms with Crippen LogP contribution in [0.4, 0.5) is 15.2 Å². The van der Waals surface area contributed by atoms with Crippen LogP contribution in [0.2, 0.25) is 0 Å². The van der Waals surface area contributed by atoms with Gasteiger partial charge in [0.15, 0.2) is 5.13 Å². The van der Waals surface area contributed by atoms with Crippen molar-refractivity contribution in [3.05, 3.63) is 78.6 Å². The van der Waals surface area contributed by atoms with Crippen molar-refractivity contribution in [1.29, 1.82) is 0 Å². The number of carbonyl (C=O) groups excluding carboxylic acids is 1. The van der Waals surface area contributed by atoms with Gasteiger partial charge in [0, 0.05) is 24.3 Å². The minimum atomic E-state index is -0.259. The number of carbonyl (C=O) groups is 1. The number of rotatable bonds is 4. The van der Waals surface area contributed by atoms with E-state index in [0.29, 0.717) is 13.1 Å². The highest BCUT2D eigenvalue weighted by Crippen LogP contribution is 2.34. The van der Waals surface area contributed by atoms with Crippen LogP contribution in [0.15, 0.2) is 72.8 Å². The number of benzene rings is 3. The van der Waals surface area contributed by atoms with Gasteiger partial charge in [0.1, 0.15) is 5.82 Å². The second-order valence-corrected chi connectivity index (χ2v) is 8.12. The molecule has 1 amide bonds. The lowest BCUT2D eigenvalue weighted by atomic mass is 9.98. The maximum atomic E-state index is 13.4. The first kappa shape index (κ1) is 17.8. The number of fused-ring (bicyclic) bond motifs is 1. The number of nitrogens with zero attached hydrogens (tertiary/aromatic N) is 2. The van der Waals surface area contributed by atoms with Gasteiger partial charge in [-0.05, 0) is 29.8 Å². The lowest BCUT2D eigenvalue weighted by molar-refractivity contribution is -0.120. The van der Waals surface area contributed by atoms with Crippen LogP contribution in [-0.2, 0) is 4.79 Å². The Kier molecular flexibility index (Phi) is 4.48. The van der Waals surface area contributed by atoms with Gasteiger partial charge in [-0.15, -0.1) is 0 Å². The van der Waals surface area contributed by atoms with E-state index >= 15 is 0 Å². The zero-order valence-electron chi connectivity index (χ0n) is 15.5. The minimum absolute atomic E-state index is 0.0109. The molecule has 29 heavy (non-hydrogen) atoms. The predicted octanol–water partition coefficient (Wildman–Crippen LogP) is 5.18. The Balaban J connectivity index is 1.28. The second-order valence-electron chi connectivity index (χ2n) is 7.11. The topological polar surface area (TPSA) is 45.2 Å². The standard InChI is InChI=1S/C23H18FN3OS/c24-17-10-11-20-21(12-17)29-23(26-20)27-13-16(14-27)22(28)25-19-9-5-4-8-18(19)15-6-2-1-3-7-15/h1-12,16H,13-14H2,(H,25,28). The van der Waals surface area contributed by atoms with Crippen molar-refractivity contribution in [2.24, 2.45) is 5.92 Å². The SMILES string of the molecule is O=C(Nc1ccccc1-c1ccccc1)C1CN(c2nc3ccc(F)cc3s2)C1. The Hall–Kier alpha value is -3.25. The highest BCUT2D eigenvalue weighted by atomic mass is 32.1. The predicted molar refractivity (Wildman–Crippen MR) is 116 cm³/mol. The number of aromatic nitrogens is 1. The quantitative estimate of drug-likeness (QED) is 0.511. The van der Waals surface area contributed by atoms with E-state index in [-0.39, 0.29) is 17.6 Å². The molecule has 0 unspecified atom stereocenters. The fourth-order valence-corrected chi connectivity index (χ4v) is 4.53. The molecule has 1 saturated heterocycles. The molecule has 2 heterocycles. The molecule has 1 aliphatic heterocycles. The van der Waals surface area contributed by atoms with Gasteiger partial charge in [0.05, 0.1) is 16.1 Å². The van der Waals surface area contributed by atoms with Crippen LogP contribution in [0.1, 0.15) is 0 Å². The summed E-state index contributed by atoms with van der Waals surface area (Å²) in [5.41, 5.74) is 3.68. The van der Waals surface area contributed by atoms with Gasteiger partial charge in [-0.1, -0.05) is 59.9 Å². The lowest BCUT2D eigenvalue weighted by Crippen LogP contribution is -2.52. The van der Waals surface area contributed by atoms with E-state index in [9.17, 15) is 9.18 Å². The zero-order chi connectivity index (χ0) is 19.8. The third-order valence-corrected chi connectivity index (χ3v) is 6.21. The third-order valence-electron chi connectivity index (χ3n) is 5.13. The summed E-state index contributed by atoms with van der Waals surface area (Å²) >= 11 is 1.46. The molecule has 5 rings (SSSR count). The molecule has 0 spiro atoms. The molecule has 0 aliphatic carbocycles. The molecule has 4 nitrogen and oxygen atoms in total. The van der Waals surface area contributed by atoms with E-state index < -0.39 is 0 Å². The van der Waals surface area contributed by atoms with Crippen molar-refractivity contribution >= 4 is 38.3 Å². The van der Waals surface area contributed by atoms with E-state index in [4.69, 9.17) is 0 Å². The van der Waals surface area contributed by atoms with Crippen molar-refractivity contribution < 1.29 is 9.18 Å². The van der Waals surface area contributed by atoms with Crippen LogP contribution in [0, 0.1) is 11.7 Å². The first-order valence-electron chi connectivity index (χ1n) is 9.44. The Bertz CT molecular complexity index is 1190. The molecule has 1 aromatic heterocycles. The molecule has 0 bridgehead atoms. The van der Waals surface area contributed by atoms with E-state index in [1.807, 2.05) is 54.6 Å². The van der Waals surface area contributed by atoms with Gasteiger partial charge >= 0.3 is 0 Å². The molecule has 1 fully saturated rings. The summed E-state index contributed by atoms with van der Waals surface area (Å²) in [4.78, 5) is 19.4. The number of para-hydroxylation sites is 1. The summed E-state index contributed by atoms with van der Waals surface area (Å²) in [6.07, 6.45) is 0. The maximum Gasteiger partial charge on any atom is 0.231 e. The van der Waals surface area contributed by atoms with Crippen LogP contribution in [0.3, 0.4) is 0 Å². The van der Waals surface area contributed by atoms with Crippen LogP contribution >= 0.6 is 11.3 Å². The summed E-state index contributed by atoms with van der Waals surface area (Å²) in [7, 11) is 0. The average Bonchev–Trinajstić information content (AvgIpc) is 3.10. The zero-order valence-corrected chi connectivity index (χ0v) is 16.3. The highest BCUT2D eigenvalue weighted by Gasteiger charge is 2.34. The molecule has 0 radical (unpaired) electrons. The number of hydrogen-bond acceptors (Lipinski definition) is 4. The normalized spacial score (nSPS) is 14.0. The van der Waals surface area contributed by atoms with Crippen LogP contribution in [-0.4, -0.2) is 24.0 Å². The monoisotopic (exact) mass is 403 g/mol. The van der Waals surface area contributed by atoms with E-state index in [1.165, 1.54) is 23.5 Å². The minimum Gasteiger partial charge on any atom is -0.346 e. The van der Waals surface area contributed by atoms with Gasteiger partial charge in [-0.2, -0.15) is 0 Å². The van der Waals surface area contributed by atoms with Crippen molar-refractivity contribution in [2.45, 2.75) is 0 Å². The van der Waals surface area contributed by atoms with Crippen LogP contribution in [0.25, 0.3) is 21.3 Å². The molecule has 0 atom stereocenters. The summed E-state index contributed by atoms with van der Waals surface area (Å²) in [5, 5.41) is 3.92. The first-order chi connectivity index (χ1) is 14.2. The van der Waals surface area contributed by atoms with Crippen molar-refractivity contribution in [3.63, 3.8) is 0 Å².